The summed E-state index contributed by atoms with van der Waals surface area (Å²) >= 11 is 0. The Bertz CT molecular complexity index is 589. The Morgan fingerprint density at radius 1 is 1.26 bits per heavy atom. The molecule has 1 aromatic rings. The largest absolute Gasteiger partial charge is 0.444 e. The van der Waals surface area contributed by atoms with Crippen LogP contribution in [0.3, 0.4) is 0 Å². The van der Waals surface area contributed by atoms with E-state index in [1.54, 1.807) is 20.8 Å². The van der Waals surface area contributed by atoms with E-state index in [9.17, 15) is 9.59 Å². The van der Waals surface area contributed by atoms with Crippen molar-refractivity contribution in [2.75, 3.05) is 0 Å². The van der Waals surface area contributed by atoms with Gasteiger partial charge >= 0.3 is 6.09 Å². The van der Waals surface area contributed by atoms with Crippen molar-refractivity contribution in [3.8, 4) is 0 Å². The van der Waals surface area contributed by atoms with Gasteiger partial charge in [0.15, 0.2) is 5.78 Å². The molecule has 0 saturated carbocycles. The number of Topliss-reactive ketones (excluding diaryl/α,β-unsaturated/α-hetero) is 1. The third-order valence-corrected chi connectivity index (χ3v) is 3.46. The molecule has 0 spiro atoms. The molecule has 1 amide bonds. The predicted octanol–water partition coefficient (Wildman–Crippen LogP) is 3.17. The molecule has 0 aromatic heterocycles. The Morgan fingerprint density at radius 3 is 2.52 bits per heavy atom. The van der Waals surface area contributed by atoms with Gasteiger partial charge in [0.1, 0.15) is 11.7 Å². The van der Waals surface area contributed by atoms with Gasteiger partial charge in [0.25, 0.3) is 0 Å². The molecule has 1 aliphatic carbocycles. The van der Waals surface area contributed by atoms with Gasteiger partial charge in [-0.2, -0.15) is 0 Å². The van der Waals surface area contributed by atoms with Crippen molar-refractivity contribution in [1.29, 1.82) is 0 Å². The zero-order valence-electron chi connectivity index (χ0n) is 14.4. The van der Waals surface area contributed by atoms with Crippen LogP contribution in [0.25, 0.3) is 0 Å². The van der Waals surface area contributed by atoms with Crippen molar-refractivity contribution in [2.45, 2.75) is 64.9 Å². The van der Waals surface area contributed by atoms with Crippen molar-refractivity contribution < 1.29 is 19.1 Å². The van der Waals surface area contributed by atoms with Gasteiger partial charge in [0, 0.05) is 6.42 Å². The summed E-state index contributed by atoms with van der Waals surface area (Å²) in [4.78, 5) is 24.7. The smallest absolute Gasteiger partial charge is 0.408 e. The minimum Gasteiger partial charge on any atom is -0.444 e. The summed E-state index contributed by atoms with van der Waals surface area (Å²) in [5.74, 6) is -0.136. The number of carbonyl (C=O) groups is 2. The van der Waals surface area contributed by atoms with Gasteiger partial charge in [-0.3, -0.25) is 4.79 Å². The first-order valence-corrected chi connectivity index (χ1v) is 7.94. The summed E-state index contributed by atoms with van der Waals surface area (Å²) < 4.78 is 11.1. The molecular formula is C18H25NO4. The summed E-state index contributed by atoms with van der Waals surface area (Å²) in [6, 6.07) is 7.05. The molecule has 2 atom stereocenters. The summed E-state index contributed by atoms with van der Waals surface area (Å²) in [5, 5.41) is 2.68. The molecule has 2 rings (SSSR count). The molecule has 0 heterocycles. The van der Waals surface area contributed by atoms with Crippen LogP contribution < -0.4 is 5.32 Å². The topological polar surface area (TPSA) is 64.6 Å². The molecule has 0 aliphatic heterocycles. The maximum absolute atomic E-state index is 12.7. The number of carbonyl (C=O) groups excluding carboxylic acids is 2. The van der Waals surface area contributed by atoms with Crippen LogP contribution in [-0.2, 0) is 20.7 Å². The molecule has 1 aromatic carbocycles. The predicted molar refractivity (Wildman–Crippen MR) is 87.3 cm³/mol. The average Bonchev–Trinajstić information content (AvgIpc) is 2.41. The van der Waals surface area contributed by atoms with Crippen LogP contribution in [0.5, 0.6) is 0 Å². The van der Waals surface area contributed by atoms with E-state index in [0.717, 1.165) is 11.1 Å². The van der Waals surface area contributed by atoms with Crippen LogP contribution >= 0.6 is 0 Å². The number of nitrogens with one attached hydrogen (secondary N) is 1. The van der Waals surface area contributed by atoms with E-state index in [0.29, 0.717) is 6.42 Å². The number of benzene rings is 1. The lowest BCUT2D eigenvalue weighted by Gasteiger charge is -2.32. The van der Waals surface area contributed by atoms with Crippen molar-refractivity contribution in [3.05, 3.63) is 35.4 Å². The molecule has 1 N–H and O–H groups in total. The molecule has 0 saturated heterocycles. The highest BCUT2D eigenvalue weighted by Crippen LogP contribution is 2.31. The highest BCUT2D eigenvalue weighted by Gasteiger charge is 2.37. The number of ether oxygens (including phenoxy) is 2. The number of ketones is 1. The van der Waals surface area contributed by atoms with Crippen LogP contribution in [0.4, 0.5) is 4.79 Å². The van der Waals surface area contributed by atoms with E-state index < -0.39 is 23.8 Å². The monoisotopic (exact) mass is 319 g/mol. The third kappa shape index (κ3) is 4.55. The van der Waals surface area contributed by atoms with E-state index in [4.69, 9.17) is 9.47 Å². The number of rotatable bonds is 3. The number of hydrogen-bond donors (Lipinski definition) is 1. The van der Waals surface area contributed by atoms with Crippen LogP contribution in [0.15, 0.2) is 24.3 Å². The first-order valence-electron chi connectivity index (χ1n) is 7.94. The van der Waals surface area contributed by atoms with E-state index in [1.807, 2.05) is 38.1 Å². The number of amides is 1. The zero-order valence-corrected chi connectivity index (χ0v) is 14.4. The molecule has 2 unspecified atom stereocenters. The van der Waals surface area contributed by atoms with Gasteiger partial charge in [0.2, 0.25) is 0 Å². The molecule has 5 heteroatoms. The quantitative estimate of drug-likeness (QED) is 0.929. The van der Waals surface area contributed by atoms with Crippen LogP contribution in [0, 0.1) is 0 Å². The average molecular weight is 319 g/mol. The second kappa shape index (κ2) is 6.71. The van der Waals surface area contributed by atoms with E-state index in [1.165, 1.54) is 0 Å². The van der Waals surface area contributed by atoms with Crippen molar-refractivity contribution >= 4 is 11.9 Å². The summed E-state index contributed by atoms with van der Waals surface area (Å²) in [6.07, 6.45) is -0.873. The fraction of sp³-hybridized carbons (Fsp3) is 0.556. The maximum Gasteiger partial charge on any atom is 0.408 e. The maximum atomic E-state index is 12.7. The third-order valence-electron chi connectivity index (χ3n) is 3.46. The number of alkyl carbamates (subject to hydrolysis) is 1. The van der Waals surface area contributed by atoms with Crippen molar-refractivity contribution in [1.82, 2.24) is 5.32 Å². The van der Waals surface area contributed by atoms with E-state index >= 15 is 0 Å². The van der Waals surface area contributed by atoms with Crippen LogP contribution in [0.2, 0.25) is 0 Å². The first-order chi connectivity index (χ1) is 10.7. The number of fused-ring (bicyclic) bond motifs is 1. The fourth-order valence-corrected chi connectivity index (χ4v) is 2.62. The van der Waals surface area contributed by atoms with Crippen molar-refractivity contribution in [3.63, 3.8) is 0 Å². The molecule has 0 bridgehead atoms. The second-order valence-electron chi connectivity index (χ2n) is 7.07. The lowest BCUT2D eigenvalue weighted by Crippen LogP contribution is -2.49. The van der Waals surface area contributed by atoms with Gasteiger partial charge < -0.3 is 14.8 Å². The minimum atomic E-state index is -0.653. The highest BCUT2D eigenvalue weighted by molar-refractivity contribution is 5.93. The van der Waals surface area contributed by atoms with Crippen molar-refractivity contribution in [2.24, 2.45) is 0 Å². The second-order valence-corrected chi connectivity index (χ2v) is 7.07. The highest BCUT2D eigenvalue weighted by atomic mass is 16.6. The van der Waals surface area contributed by atoms with Gasteiger partial charge in [-0.1, -0.05) is 24.3 Å². The standard InChI is InChI=1S/C18H25NO4/c1-11(2)22-16-13-9-7-6-8-12(13)10-14(15(16)20)19-17(21)23-18(3,4)5/h6-9,11,14,16H,10H2,1-5H3,(H,19,21). The normalized spacial score (nSPS) is 21.0. The minimum absolute atomic E-state index is 0.0858. The fourth-order valence-electron chi connectivity index (χ4n) is 2.62. The first kappa shape index (κ1) is 17.5. The van der Waals surface area contributed by atoms with Gasteiger partial charge in [0.05, 0.1) is 12.1 Å². The van der Waals surface area contributed by atoms with Crippen LogP contribution in [0.1, 0.15) is 51.8 Å². The SMILES string of the molecule is CC(C)OC1C(=O)C(NC(=O)OC(C)(C)C)Cc2ccccc21. The van der Waals surface area contributed by atoms with E-state index in [-0.39, 0.29) is 11.9 Å². The Labute approximate surface area is 137 Å². The number of hydrogen-bond acceptors (Lipinski definition) is 4. The summed E-state index contributed by atoms with van der Waals surface area (Å²) in [6.45, 7) is 9.14. The van der Waals surface area contributed by atoms with Gasteiger partial charge in [-0.15, -0.1) is 0 Å². The summed E-state index contributed by atoms with van der Waals surface area (Å²) in [5.41, 5.74) is 1.29. The Hall–Kier alpha value is -1.88. The summed E-state index contributed by atoms with van der Waals surface area (Å²) in [7, 11) is 0. The molecular weight excluding hydrogens is 294 g/mol. The molecule has 0 fully saturated rings. The Kier molecular flexibility index (Phi) is 5.09. The van der Waals surface area contributed by atoms with Crippen LogP contribution in [-0.4, -0.2) is 29.6 Å². The molecule has 1 aliphatic rings. The molecule has 23 heavy (non-hydrogen) atoms. The lowest BCUT2D eigenvalue weighted by molar-refractivity contribution is -0.137. The molecule has 126 valence electrons. The Morgan fingerprint density at radius 2 is 1.91 bits per heavy atom. The Balaban J connectivity index is 2.20. The molecule has 0 radical (unpaired) electrons. The lowest BCUT2D eigenvalue weighted by atomic mass is 9.85. The zero-order chi connectivity index (χ0) is 17.2. The van der Waals surface area contributed by atoms with E-state index in [2.05, 4.69) is 5.32 Å². The van der Waals surface area contributed by atoms with Gasteiger partial charge in [-0.05, 0) is 45.7 Å². The van der Waals surface area contributed by atoms with Gasteiger partial charge in [-0.25, -0.2) is 4.79 Å². The molecule has 5 nitrogen and oxygen atoms in total.